The molecule has 19 heavy (non-hydrogen) atoms. The lowest BCUT2D eigenvalue weighted by molar-refractivity contribution is 0.336. The van der Waals surface area contributed by atoms with E-state index in [1.807, 2.05) is 20.9 Å². The smallest absolute Gasteiger partial charge is 0.153 e. The molecule has 1 aromatic carbocycles. The summed E-state index contributed by atoms with van der Waals surface area (Å²) in [5, 5.41) is 3.11. The van der Waals surface area contributed by atoms with Crippen molar-refractivity contribution in [2.24, 2.45) is 0 Å². The monoisotopic (exact) mass is 285 g/mol. The number of ether oxygens (including phenoxy) is 1. The molecule has 0 bridgehead atoms. The molecule has 5 heteroatoms. The van der Waals surface area contributed by atoms with Gasteiger partial charge in [-0.3, -0.25) is 0 Å². The van der Waals surface area contributed by atoms with Crippen molar-refractivity contribution in [3.05, 3.63) is 28.8 Å². The van der Waals surface area contributed by atoms with Gasteiger partial charge in [0.15, 0.2) is 9.84 Å². The first-order valence-corrected chi connectivity index (χ1v) is 8.29. The van der Waals surface area contributed by atoms with Crippen molar-refractivity contribution in [1.29, 1.82) is 0 Å². The van der Waals surface area contributed by atoms with Gasteiger partial charge in [0.25, 0.3) is 0 Å². The van der Waals surface area contributed by atoms with Crippen LogP contribution in [0.4, 0.5) is 0 Å². The zero-order valence-electron chi connectivity index (χ0n) is 12.1. The van der Waals surface area contributed by atoms with E-state index in [2.05, 4.69) is 17.4 Å². The summed E-state index contributed by atoms with van der Waals surface area (Å²) in [6.07, 6.45) is 0. The van der Waals surface area contributed by atoms with Crippen LogP contribution < -0.4 is 10.1 Å². The van der Waals surface area contributed by atoms with Crippen molar-refractivity contribution >= 4 is 9.84 Å². The fourth-order valence-electron chi connectivity index (χ4n) is 1.99. The molecule has 0 spiro atoms. The molecule has 0 amide bonds. The Hall–Kier alpha value is -1.07. The van der Waals surface area contributed by atoms with Gasteiger partial charge in [-0.25, -0.2) is 8.42 Å². The maximum absolute atomic E-state index is 11.4. The topological polar surface area (TPSA) is 55.4 Å². The van der Waals surface area contributed by atoms with Crippen LogP contribution >= 0.6 is 0 Å². The lowest BCUT2D eigenvalue weighted by Gasteiger charge is -2.14. The Morgan fingerprint density at radius 3 is 2.26 bits per heavy atom. The molecule has 0 saturated heterocycles. The Bertz CT molecular complexity index is 500. The van der Waals surface area contributed by atoms with Crippen molar-refractivity contribution in [2.75, 3.05) is 25.2 Å². The van der Waals surface area contributed by atoms with Gasteiger partial charge in [0.1, 0.15) is 12.4 Å². The summed E-state index contributed by atoms with van der Waals surface area (Å²) < 4.78 is 28.5. The molecule has 0 fully saturated rings. The number of hydrogen-bond donors (Lipinski definition) is 1. The molecule has 4 nitrogen and oxygen atoms in total. The fourth-order valence-corrected chi connectivity index (χ4v) is 2.61. The molecular formula is C14H23NO3S. The summed E-state index contributed by atoms with van der Waals surface area (Å²) in [5.41, 5.74) is 3.28. The Labute approximate surface area is 116 Å². The van der Waals surface area contributed by atoms with Crippen LogP contribution in [-0.4, -0.2) is 33.6 Å². The molecule has 0 aliphatic carbocycles. The van der Waals surface area contributed by atoms with Crippen LogP contribution in [0.15, 0.2) is 12.1 Å². The number of nitrogens with one attached hydrogen (secondary N) is 1. The molecule has 0 aromatic heterocycles. The number of rotatable bonds is 7. The third kappa shape index (κ3) is 4.84. The van der Waals surface area contributed by atoms with E-state index in [1.54, 1.807) is 6.92 Å². The maximum atomic E-state index is 11.4. The van der Waals surface area contributed by atoms with Gasteiger partial charge in [-0.2, -0.15) is 0 Å². The number of sulfone groups is 1. The third-order valence-corrected chi connectivity index (χ3v) is 4.65. The first kappa shape index (κ1) is 16.0. The first-order valence-electron chi connectivity index (χ1n) is 6.47. The molecule has 0 aliphatic rings. The largest absolute Gasteiger partial charge is 0.492 e. The molecule has 1 aromatic rings. The van der Waals surface area contributed by atoms with Gasteiger partial charge in [0.05, 0.1) is 5.75 Å². The van der Waals surface area contributed by atoms with Gasteiger partial charge < -0.3 is 10.1 Å². The second kappa shape index (κ2) is 6.91. The molecule has 0 atom stereocenters. The maximum Gasteiger partial charge on any atom is 0.153 e. The molecule has 0 aliphatic heterocycles. The molecular weight excluding hydrogens is 262 g/mol. The second-order valence-electron chi connectivity index (χ2n) is 4.67. The van der Waals surface area contributed by atoms with Crippen LogP contribution in [0, 0.1) is 13.8 Å². The van der Waals surface area contributed by atoms with Gasteiger partial charge in [-0.05, 0) is 37.6 Å². The Balaban J connectivity index is 2.74. The summed E-state index contributed by atoms with van der Waals surface area (Å²) in [6.45, 7) is 6.64. The number of aryl methyl sites for hydroxylation is 2. The van der Waals surface area contributed by atoms with Crippen molar-refractivity contribution < 1.29 is 13.2 Å². The average molecular weight is 285 g/mol. The highest BCUT2D eigenvalue weighted by Gasteiger charge is 2.10. The van der Waals surface area contributed by atoms with Crippen LogP contribution in [-0.2, 0) is 16.4 Å². The molecule has 0 heterocycles. The van der Waals surface area contributed by atoms with Crippen LogP contribution in [0.3, 0.4) is 0 Å². The summed E-state index contributed by atoms with van der Waals surface area (Å²) in [4.78, 5) is 0. The van der Waals surface area contributed by atoms with Crippen molar-refractivity contribution in [2.45, 2.75) is 27.3 Å². The highest BCUT2D eigenvalue weighted by atomic mass is 32.2. The number of hydrogen-bond acceptors (Lipinski definition) is 4. The average Bonchev–Trinajstić information content (AvgIpc) is 2.33. The molecule has 0 radical (unpaired) electrons. The minimum Gasteiger partial charge on any atom is -0.492 e. The van der Waals surface area contributed by atoms with Gasteiger partial charge in [0.2, 0.25) is 0 Å². The van der Waals surface area contributed by atoms with Crippen LogP contribution in [0.5, 0.6) is 5.75 Å². The minimum atomic E-state index is -2.97. The first-order chi connectivity index (χ1) is 8.89. The van der Waals surface area contributed by atoms with Crippen molar-refractivity contribution in [3.8, 4) is 5.75 Å². The molecule has 1 rings (SSSR count). The molecule has 0 saturated carbocycles. The predicted molar refractivity (Wildman–Crippen MR) is 78.5 cm³/mol. The SMILES string of the molecule is CCS(=O)(=O)CCOc1c(C)cc(CNC)cc1C. The zero-order chi connectivity index (χ0) is 14.5. The Morgan fingerprint density at radius 2 is 1.79 bits per heavy atom. The standard InChI is InChI=1S/C14H23NO3S/c1-5-19(16,17)7-6-18-14-11(2)8-13(10-15-4)9-12(14)3/h8-9,15H,5-7,10H2,1-4H3. The zero-order valence-corrected chi connectivity index (χ0v) is 12.9. The Kier molecular flexibility index (Phi) is 5.82. The minimum absolute atomic E-state index is 0.0701. The quantitative estimate of drug-likeness (QED) is 0.830. The highest BCUT2D eigenvalue weighted by Crippen LogP contribution is 2.24. The lowest BCUT2D eigenvalue weighted by Crippen LogP contribution is -2.16. The molecule has 0 unspecified atom stereocenters. The van der Waals surface area contributed by atoms with Gasteiger partial charge in [-0.15, -0.1) is 0 Å². The van der Waals surface area contributed by atoms with E-state index in [1.165, 1.54) is 5.56 Å². The van der Waals surface area contributed by atoms with Crippen molar-refractivity contribution in [3.63, 3.8) is 0 Å². The van der Waals surface area contributed by atoms with Crippen LogP contribution in [0.1, 0.15) is 23.6 Å². The van der Waals surface area contributed by atoms with Crippen LogP contribution in [0.2, 0.25) is 0 Å². The van der Waals surface area contributed by atoms with E-state index in [0.29, 0.717) is 0 Å². The normalized spacial score (nSPS) is 11.6. The van der Waals surface area contributed by atoms with E-state index in [0.717, 1.165) is 23.4 Å². The van der Waals surface area contributed by atoms with Crippen LogP contribution in [0.25, 0.3) is 0 Å². The van der Waals surface area contributed by atoms with E-state index >= 15 is 0 Å². The van der Waals surface area contributed by atoms with E-state index in [4.69, 9.17) is 4.74 Å². The summed E-state index contributed by atoms with van der Waals surface area (Å²) in [7, 11) is -1.06. The summed E-state index contributed by atoms with van der Waals surface area (Å²) >= 11 is 0. The summed E-state index contributed by atoms with van der Waals surface area (Å²) in [5.74, 6) is 1.03. The van der Waals surface area contributed by atoms with E-state index in [-0.39, 0.29) is 18.1 Å². The van der Waals surface area contributed by atoms with E-state index < -0.39 is 9.84 Å². The molecule has 108 valence electrons. The van der Waals surface area contributed by atoms with Gasteiger partial charge in [-0.1, -0.05) is 19.1 Å². The van der Waals surface area contributed by atoms with Gasteiger partial charge >= 0.3 is 0 Å². The highest BCUT2D eigenvalue weighted by molar-refractivity contribution is 7.91. The lowest BCUT2D eigenvalue weighted by atomic mass is 10.1. The third-order valence-electron chi connectivity index (χ3n) is 2.98. The molecule has 1 N–H and O–H groups in total. The van der Waals surface area contributed by atoms with Gasteiger partial charge in [0, 0.05) is 12.3 Å². The second-order valence-corrected chi connectivity index (χ2v) is 7.15. The summed E-state index contributed by atoms with van der Waals surface area (Å²) in [6, 6.07) is 4.13. The fraction of sp³-hybridized carbons (Fsp3) is 0.571. The van der Waals surface area contributed by atoms with E-state index in [9.17, 15) is 8.42 Å². The predicted octanol–water partition coefficient (Wildman–Crippen LogP) is 1.84. The number of benzene rings is 1. The van der Waals surface area contributed by atoms with Crippen molar-refractivity contribution in [1.82, 2.24) is 5.32 Å². The Morgan fingerprint density at radius 1 is 1.21 bits per heavy atom.